The van der Waals surface area contributed by atoms with Crippen LogP contribution in [0, 0.1) is 11.8 Å². The van der Waals surface area contributed by atoms with Gasteiger partial charge in [0.2, 0.25) is 5.78 Å². The van der Waals surface area contributed by atoms with Crippen LogP contribution in [0.4, 0.5) is 0 Å². The number of aliphatic hydroxyl groups is 1. The zero-order chi connectivity index (χ0) is 28.7. The first kappa shape index (κ1) is 31.5. The lowest BCUT2D eigenvalue weighted by molar-refractivity contribution is -0.113. The highest BCUT2D eigenvalue weighted by atomic mass is 28.4. The Morgan fingerprint density at radius 2 is 1.43 bits per heavy atom. The second-order valence-corrected chi connectivity index (χ2v) is 15.5. The minimum atomic E-state index is -2.58. The van der Waals surface area contributed by atoms with Crippen molar-refractivity contribution in [3.8, 4) is 11.8 Å². The lowest BCUT2D eigenvalue weighted by Crippen LogP contribution is -2.66. The Balaban J connectivity index is 1.71. The van der Waals surface area contributed by atoms with Crippen LogP contribution >= 0.6 is 0 Å². The van der Waals surface area contributed by atoms with Crippen LogP contribution < -0.4 is 10.4 Å². The third kappa shape index (κ3) is 9.28. The predicted octanol–water partition coefficient (Wildman–Crippen LogP) is 6.05. The van der Waals surface area contributed by atoms with Gasteiger partial charge in [-0.15, -0.1) is 0 Å². The predicted molar refractivity (Wildman–Crippen MR) is 166 cm³/mol. The second kappa shape index (κ2) is 16.3. The van der Waals surface area contributed by atoms with E-state index >= 15 is 0 Å². The fraction of sp³-hybridized carbons (Fsp3) is 0.400. The second-order valence-electron chi connectivity index (χ2n) is 11.2. The van der Waals surface area contributed by atoms with Crippen LogP contribution in [0.25, 0.3) is 0 Å². The van der Waals surface area contributed by atoms with Crippen molar-refractivity contribution in [3.05, 3.63) is 96.6 Å². The van der Waals surface area contributed by atoms with Crippen LogP contribution in [-0.2, 0) is 20.6 Å². The van der Waals surface area contributed by atoms with Crippen LogP contribution in [0.2, 0.25) is 5.04 Å². The number of carbonyl (C=O) groups excluding carboxylic acids is 1. The zero-order valence-electron chi connectivity index (χ0n) is 24.3. The van der Waals surface area contributed by atoms with Gasteiger partial charge in [-0.2, -0.15) is 0 Å². The van der Waals surface area contributed by atoms with Crippen LogP contribution in [0.5, 0.6) is 0 Å². The SMILES string of the molecule is CC(C)(C)[Si](OCCC[C@@H](CC#CC(=O)CCCCO)OCc1ccccc1)(c1ccccc1)c1ccccc1. The van der Waals surface area contributed by atoms with E-state index in [9.17, 15) is 4.79 Å². The highest BCUT2D eigenvalue weighted by Gasteiger charge is 2.49. The molecule has 3 rings (SSSR count). The van der Waals surface area contributed by atoms with Crippen LogP contribution in [0.15, 0.2) is 91.0 Å². The Labute approximate surface area is 241 Å². The monoisotopic (exact) mass is 556 g/mol. The zero-order valence-corrected chi connectivity index (χ0v) is 25.3. The van der Waals surface area contributed by atoms with E-state index in [1.54, 1.807) is 0 Å². The number of rotatable bonds is 15. The van der Waals surface area contributed by atoms with Gasteiger partial charge < -0.3 is 14.3 Å². The summed E-state index contributed by atoms with van der Waals surface area (Å²) in [6.07, 6.45) is 3.70. The average Bonchev–Trinajstić information content (AvgIpc) is 2.96. The highest BCUT2D eigenvalue weighted by Crippen LogP contribution is 2.36. The van der Waals surface area contributed by atoms with Crippen LogP contribution in [-0.4, -0.2) is 38.5 Å². The molecule has 0 aliphatic heterocycles. The smallest absolute Gasteiger partial charge is 0.261 e. The molecule has 0 aromatic heterocycles. The van der Waals surface area contributed by atoms with Gasteiger partial charge in [-0.25, -0.2) is 0 Å². The van der Waals surface area contributed by atoms with Gasteiger partial charge in [-0.05, 0) is 52.6 Å². The third-order valence-electron chi connectivity index (χ3n) is 7.10. The molecule has 212 valence electrons. The Morgan fingerprint density at radius 3 is 1.98 bits per heavy atom. The maximum absolute atomic E-state index is 12.1. The van der Waals surface area contributed by atoms with Crippen molar-refractivity contribution in [1.29, 1.82) is 0 Å². The molecular formula is C35H44O4Si. The number of ketones is 1. The van der Waals surface area contributed by atoms with E-state index in [2.05, 4.69) is 105 Å². The normalized spacial score (nSPS) is 12.4. The first-order chi connectivity index (χ1) is 19.4. The molecule has 1 N–H and O–H groups in total. The Morgan fingerprint density at radius 1 is 0.850 bits per heavy atom. The summed E-state index contributed by atoms with van der Waals surface area (Å²) in [5, 5.41) is 11.4. The van der Waals surface area contributed by atoms with Crippen LogP contribution in [0.3, 0.4) is 0 Å². The van der Waals surface area contributed by atoms with E-state index in [1.807, 2.05) is 18.2 Å². The summed E-state index contributed by atoms with van der Waals surface area (Å²) in [5.41, 5.74) is 1.11. The van der Waals surface area contributed by atoms with Crippen molar-refractivity contribution in [3.63, 3.8) is 0 Å². The minimum absolute atomic E-state index is 0.0687. The van der Waals surface area contributed by atoms with Crippen molar-refractivity contribution in [2.45, 2.75) is 77.0 Å². The number of ether oxygens (including phenoxy) is 1. The molecule has 0 unspecified atom stereocenters. The van der Waals surface area contributed by atoms with E-state index in [0.29, 0.717) is 38.9 Å². The van der Waals surface area contributed by atoms with Crippen molar-refractivity contribution in [1.82, 2.24) is 0 Å². The van der Waals surface area contributed by atoms with Crippen molar-refractivity contribution in [2.75, 3.05) is 13.2 Å². The Bertz CT molecular complexity index is 1150. The molecule has 0 saturated heterocycles. The molecule has 0 amide bonds. The number of Topliss-reactive ketones (excluding diaryl/α,β-unsaturated/α-hetero) is 1. The fourth-order valence-corrected chi connectivity index (χ4v) is 9.66. The van der Waals surface area contributed by atoms with E-state index in [1.165, 1.54) is 10.4 Å². The number of hydrogen-bond donors (Lipinski definition) is 1. The van der Waals surface area contributed by atoms with E-state index < -0.39 is 8.32 Å². The van der Waals surface area contributed by atoms with Gasteiger partial charge in [0.1, 0.15) is 0 Å². The molecule has 0 fully saturated rings. The van der Waals surface area contributed by atoms with Gasteiger partial charge in [0.15, 0.2) is 0 Å². The summed E-state index contributed by atoms with van der Waals surface area (Å²) in [6.45, 7) is 8.10. The third-order valence-corrected chi connectivity index (χ3v) is 12.1. The quantitative estimate of drug-likeness (QED) is 0.107. The molecule has 0 heterocycles. The van der Waals surface area contributed by atoms with Gasteiger partial charge in [0, 0.05) is 26.1 Å². The molecular weight excluding hydrogens is 512 g/mol. The molecule has 0 bridgehead atoms. The topological polar surface area (TPSA) is 55.8 Å². The van der Waals surface area contributed by atoms with Gasteiger partial charge in [0.05, 0.1) is 12.7 Å². The summed E-state index contributed by atoms with van der Waals surface area (Å²) in [6, 6.07) is 31.5. The first-order valence-corrected chi connectivity index (χ1v) is 16.3. The van der Waals surface area contributed by atoms with Gasteiger partial charge in [-0.3, -0.25) is 4.79 Å². The maximum atomic E-state index is 12.1. The average molecular weight is 557 g/mol. The van der Waals surface area contributed by atoms with Crippen molar-refractivity contribution >= 4 is 24.5 Å². The molecule has 3 aromatic rings. The summed E-state index contributed by atoms with van der Waals surface area (Å²) < 4.78 is 13.3. The molecule has 0 saturated carbocycles. The molecule has 0 spiro atoms. The van der Waals surface area contributed by atoms with E-state index in [4.69, 9.17) is 14.3 Å². The van der Waals surface area contributed by atoms with Crippen LogP contribution in [0.1, 0.15) is 64.9 Å². The van der Waals surface area contributed by atoms with Crippen molar-refractivity contribution in [2.24, 2.45) is 0 Å². The van der Waals surface area contributed by atoms with E-state index in [0.717, 1.165) is 18.4 Å². The molecule has 5 heteroatoms. The summed E-state index contributed by atoms with van der Waals surface area (Å²) in [7, 11) is -2.58. The lowest BCUT2D eigenvalue weighted by Gasteiger charge is -2.43. The first-order valence-electron chi connectivity index (χ1n) is 14.4. The highest BCUT2D eigenvalue weighted by molar-refractivity contribution is 6.99. The molecule has 40 heavy (non-hydrogen) atoms. The lowest BCUT2D eigenvalue weighted by atomic mass is 10.1. The summed E-state index contributed by atoms with van der Waals surface area (Å²) in [5.74, 6) is 5.76. The summed E-state index contributed by atoms with van der Waals surface area (Å²) >= 11 is 0. The largest absolute Gasteiger partial charge is 0.407 e. The molecule has 1 atom stereocenters. The number of carbonyl (C=O) groups is 1. The number of hydrogen-bond acceptors (Lipinski definition) is 4. The number of benzene rings is 3. The molecule has 3 aromatic carbocycles. The van der Waals surface area contributed by atoms with Gasteiger partial charge in [-0.1, -0.05) is 118 Å². The molecule has 0 radical (unpaired) electrons. The van der Waals surface area contributed by atoms with Gasteiger partial charge in [0.25, 0.3) is 8.32 Å². The van der Waals surface area contributed by atoms with E-state index in [-0.39, 0.29) is 23.5 Å². The standard InChI is InChI=1S/C35H44O4Si/c1-35(2,3)40(33-23-9-5-10-24-33,34-25-11-6-12-26-34)39-28-16-22-32(38-29-30-17-7-4-8-18-30)21-15-20-31(37)19-13-14-27-36/h4-12,17-18,23-26,32,36H,13-14,16,19,21-22,27-29H2,1-3H3/t32-/m1/s1. The van der Waals surface area contributed by atoms with Crippen molar-refractivity contribution < 1.29 is 19.1 Å². The minimum Gasteiger partial charge on any atom is -0.407 e. The molecule has 0 aliphatic rings. The number of unbranched alkanes of at least 4 members (excludes halogenated alkanes) is 1. The summed E-state index contributed by atoms with van der Waals surface area (Å²) in [4.78, 5) is 12.1. The molecule has 4 nitrogen and oxygen atoms in total. The Hall–Kier alpha value is -3.01. The number of aliphatic hydroxyl groups excluding tert-OH is 1. The van der Waals surface area contributed by atoms with Gasteiger partial charge >= 0.3 is 0 Å². The molecule has 0 aliphatic carbocycles. The Kier molecular flexibility index (Phi) is 12.8. The fourth-order valence-electron chi connectivity index (χ4n) is 5.05. The maximum Gasteiger partial charge on any atom is 0.261 e.